The highest BCUT2D eigenvalue weighted by molar-refractivity contribution is 6.71. The first kappa shape index (κ1) is 28.6. The summed E-state index contributed by atoms with van der Waals surface area (Å²) in [7, 11) is -5.30. The Morgan fingerprint density at radius 1 is 0.621 bits per heavy atom. The molecule has 0 bridgehead atoms. The van der Waals surface area contributed by atoms with Crippen molar-refractivity contribution in [3.05, 3.63) is 0 Å². The predicted octanol–water partition coefficient (Wildman–Crippen LogP) is 6.47. The first-order chi connectivity index (χ1) is 13.1. The minimum absolute atomic E-state index is 0.0261. The number of hydrogen-bond donors (Lipinski definition) is 0. The average Bonchev–Trinajstić information content (AvgIpc) is 2.44. The fourth-order valence-corrected chi connectivity index (χ4v) is 5.77. The molecule has 1 unspecified atom stereocenters. The Kier molecular flexibility index (Phi) is 12.9. The first-order valence-electron chi connectivity index (χ1n) is 11.2. The predicted molar refractivity (Wildman–Crippen MR) is 129 cm³/mol. The van der Waals surface area contributed by atoms with Crippen LogP contribution < -0.4 is 0 Å². The lowest BCUT2D eigenvalue weighted by Gasteiger charge is -2.27. The third-order valence-corrected chi connectivity index (χ3v) is 6.63. The molecule has 0 fully saturated rings. The monoisotopic (exact) mass is 462 g/mol. The second kappa shape index (κ2) is 13.1. The van der Waals surface area contributed by atoms with Gasteiger partial charge >= 0.3 is 0 Å². The van der Waals surface area contributed by atoms with E-state index in [9.17, 15) is 9.59 Å². The van der Waals surface area contributed by atoms with E-state index >= 15 is 0 Å². The summed E-state index contributed by atoms with van der Waals surface area (Å²) in [6, 6.07) is 0. The van der Waals surface area contributed by atoms with E-state index < -0.39 is 25.0 Å². The molecule has 172 valence electrons. The van der Waals surface area contributed by atoms with Gasteiger partial charge in [0, 0.05) is 6.42 Å². The quantitative estimate of drug-likeness (QED) is 0.206. The molecule has 0 amide bonds. The lowest BCUT2D eigenvalue weighted by Crippen LogP contribution is -2.36. The molecule has 5 nitrogen and oxygen atoms in total. The van der Waals surface area contributed by atoms with Crippen LogP contribution in [0.3, 0.4) is 0 Å². The van der Waals surface area contributed by atoms with E-state index in [1.165, 1.54) is 0 Å². The molecule has 0 rings (SSSR count). The van der Waals surface area contributed by atoms with Gasteiger partial charge < -0.3 is 13.3 Å². The van der Waals surface area contributed by atoms with Crippen LogP contribution in [0.1, 0.15) is 57.8 Å². The van der Waals surface area contributed by atoms with Crippen molar-refractivity contribution in [1.29, 1.82) is 0 Å². The van der Waals surface area contributed by atoms with Gasteiger partial charge in [0.2, 0.25) is 16.6 Å². The van der Waals surface area contributed by atoms with Gasteiger partial charge in [-0.05, 0) is 71.8 Å². The highest BCUT2D eigenvalue weighted by atomic mass is 28.4. The van der Waals surface area contributed by atoms with Crippen LogP contribution in [-0.4, -0.2) is 43.0 Å². The Bertz CT molecular complexity index is 490. The maximum atomic E-state index is 12.2. The van der Waals surface area contributed by atoms with E-state index in [0.29, 0.717) is 12.8 Å². The zero-order valence-electron chi connectivity index (χ0n) is 20.5. The minimum atomic E-state index is -1.85. The van der Waals surface area contributed by atoms with E-state index in [1.807, 2.05) is 39.3 Å². The number of hydrogen-bond acceptors (Lipinski definition) is 5. The van der Waals surface area contributed by atoms with E-state index in [-0.39, 0.29) is 18.0 Å². The molecule has 0 aliphatic rings. The summed E-state index contributed by atoms with van der Waals surface area (Å²) in [5.41, 5.74) is 0. The Morgan fingerprint density at radius 3 is 1.55 bits per heavy atom. The standard InChI is InChI=1S/C21H46O5Si3/c1-27(2,3)24-19(18-21(23)26-29(7,8)9)16-14-12-10-11-13-15-17-20(22)25-28(4,5)6/h19H,10-18H2,1-9H3. The second-order valence-corrected chi connectivity index (χ2v) is 24.2. The second-order valence-electron chi connectivity index (χ2n) is 10.9. The number of carbonyl (C=O) groups is 2. The van der Waals surface area contributed by atoms with Crippen molar-refractivity contribution in [3.8, 4) is 0 Å². The van der Waals surface area contributed by atoms with E-state index in [1.54, 1.807) is 0 Å². The Hall–Kier alpha value is -0.449. The molecule has 0 aromatic rings. The molecular formula is C21H46O5Si3. The third-order valence-electron chi connectivity index (χ3n) is 3.91. The van der Waals surface area contributed by atoms with Crippen molar-refractivity contribution < 1.29 is 22.9 Å². The lowest BCUT2D eigenvalue weighted by molar-refractivity contribution is -0.137. The van der Waals surface area contributed by atoms with Crippen LogP contribution in [0, 0.1) is 0 Å². The van der Waals surface area contributed by atoms with Gasteiger partial charge in [0.15, 0.2) is 8.32 Å². The minimum Gasteiger partial charge on any atom is -0.520 e. The van der Waals surface area contributed by atoms with Gasteiger partial charge in [-0.25, -0.2) is 0 Å². The summed E-state index contributed by atoms with van der Waals surface area (Å²) in [5, 5.41) is 0. The molecule has 29 heavy (non-hydrogen) atoms. The Morgan fingerprint density at radius 2 is 1.07 bits per heavy atom. The molecule has 0 radical (unpaired) electrons. The van der Waals surface area contributed by atoms with Crippen LogP contribution in [0.25, 0.3) is 0 Å². The SMILES string of the molecule is C[Si](C)(C)OC(=O)CCCCCCCCC(CC(=O)O[Si](C)(C)C)O[Si](C)(C)C. The van der Waals surface area contributed by atoms with Crippen molar-refractivity contribution in [3.63, 3.8) is 0 Å². The van der Waals surface area contributed by atoms with Crippen molar-refractivity contribution in [1.82, 2.24) is 0 Å². The molecule has 8 heteroatoms. The maximum Gasteiger partial charge on any atom is 0.295 e. The summed E-state index contributed by atoms with van der Waals surface area (Å²) < 4.78 is 17.3. The molecule has 0 aromatic heterocycles. The van der Waals surface area contributed by atoms with Crippen molar-refractivity contribution in [2.45, 2.75) is 123 Å². The molecule has 0 saturated heterocycles. The van der Waals surface area contributed by atoms with Crippen molar-refractivity contribution >= 4 is 36.9 Å². The van der Waals surface area contributed by atoms with Crippen LogP contribution in [-0.2, 0) is 22.9 Å². The van der Waals surface area contributed by atoms with Gasteiger partial charge in [-0.15, -0.1) is 0 Å². The smallest absolute Gasteiger partial charge is 0.295 e. The summed E-state index contributed by atoms with van der Waals surface area (Å²) in [6.45, 7) is 18.7. The Balaban J connectivity index is 4.07. The maximum absolute atomic E-state index is 12.2. The molecular weight excluding hydrogens is 416 g/mol. The lowest BCUT2D eigenvalue weighted by atomic mass is 10.0. The molecule has 0 aliphatic carbocycles. The van der Waals surface area contributed by atoms with Crippen LogP contribution in [0.4, 0.5) is 0 Å². The van der Waals surface area contributed by atoms with Crippen LogP contribution in [0.2, 0.25) is 58.9 Å². The summed E-state index contributed by atoms with van der Waals surface area (Å²) in [4.78, 5) is 23.9. The zero-order valence-corrected chi connectivity index (χ0v) is 23.5. The third kappa shape index (κ3) is 20.6. The fraction of sp³-hybridized carbons (Fsp3) is 0.905. The van der Waals surface area contributed by atoms with E-state index in [0.717, 1.165) is 44.9 Å². The van der Waals surface area contributed by atoms with Gasteiger partial charge in [-0.2, -0.15) is 0 Å². The average molecular weight is 463 g/mol. The molecule has 0 aromatic carbocycles. The first-order valence-corrected chi connectivity index (χ1v) is 21.4. The molecule has 0 spiro atoms. The van der Waals surface area contributed by atoms with Gasteiger partial charge in [0.25, 0.3) is 11.9 Å². The highest BCUT2D eigenvalue weighted by Crippen LogP contribution is 2.19. The summed E-state index contributed by atoms with van der Waals surface area (Å²) in [5.74, 6) is -0.154. The number of carbonyl (C=O) groups excluding carboxylic acids is 2. The van der Waals surface area contributed by atoms with E-state index in [4.69, 9.17) is 13.3 Å². The number of unbranched alkanes of at least 4 members (excludes halogenated alkanes) is 5. The largest absolute Gasteiger partial charge is 0.520 e. The normalized spacial score (nSPS) is 13.8. The highest BCUT2D eigenvalue weighted by Gasteiger charge is 2.26. The summed E-state index contributed by atoms with van der Waals surface area (Å²) >= 11 is 0. The van der Waals surface area contributed by atoms with Gasteiger partial charge in [-0.1, -0.05) is 32.1 Å². The van der Waals surface area contributed by atoms with Crippen LogP contribution in [0.15, 0.2) is 0 Å². The molecule has 0 saturated carbocycles. The van der Waals surface area contributed by atoms with Gasteiger partial charge in [0.05, 0.1) is 12.5 Å². The van der Waals surface area contributed by atoms with Crippen molar-refractivity contribution in [2.24, 2.45) is 0 Å². The van der Waals surface area contributed by atoms with Crippen LogP contribution in [0.5, 0.6) is 0 Å². The van der Waals surface area contributed by atoms with Crippen molar-refractivity contribution in [2.75, 3.05) is 0 Å². The number of rotatable bonds is 15. The van der Waals surface area contributed by atoms with E-state index in [2.05, 4.69) is 19.6 Å². The van der Waals surface area contributed by atoms with Gasteiger partial charge in [0.1, 0.15) is 0 Å². The Labute approximate surface area is 182 Å². The molecule has 1 atom stereocenters. The molecule has 0 aliphatic heterocycles. The fourth-order valence-electron chi connectivity index (χ4n) is 3.01. The van der Waals surface area contributed by atoms with Crippen LogP contribution >= 0.6 is 0 Å². The molecule has 0 N–H and O–H groups in total. The summed E-state index contributed by atoms with van der Waals surface area (Å²) in [6.07, 6.45) is 8.25. The zero-order chi connectivity index (χ0) is 22.7. The topological polar surface area (TPSA) is 61.8 Å². The molecule has 0 heterocycles. The van der Waals surface area contributed by atoms with Gasteiger partial charge in [-0.3, -0.25) is 9.59 Å².